The van der Waals surface area contributed by atoms with Gasteiger partial charge in [-0.15, -0.1) is 0 Å². The van der Waals surface area contributed by atoms with Crippen molar-refractivity contribution in [3.63, 3.8) is 0 Å². The summed E-state index contributed by atoms with van der Waals surface area (Å²) in [7, 11) is 0. The van der Waals surface area contributed by atoms with Gasteiger partial charge in [-0.25, -0.2) is 4.39 Å². The molecule has 0 aromatic rings. The number of allylic oxidation sites excluding steroid dienone is 2. The quantitative estimate of drug-likeness (QED) is 0.442. The molecular formula is C27H38FN5O4. The lowest BCUT2D eigenvalue weighted by Gasteiger charge is -2.37. The van der Waals surface area contributed by atoms with Crippen molar-refractivity contribution in [2.45, 2.75) is 77.7 Å². The number of alkyl halides is 1. The van der Waals surface area contributed by atoms with Crippen LogP contribution in [0.4, 0.5) is 4.39 Å². The maximum absolute atomic E-state index is 14.4. The van der Waals surface area contributed by atoms with E-state index in [1.165, 1.54) is 4.90 Å². The lowest BCUT2D eigenvalue weighted by atomic mass is 9.81. The normalized spacial score (nSPS) is 31.9. The predicted molar refractivity (Wildman–Crippen MR) is 133 cm³/mol. The number of carbonyl (C=O) groups excluding carboxylic acids is 4. The van der Waals surface area contributed by atoms with Gasteiger partial charge in [0.1, 0.15) is 18.1 Å². The first-order valence-corrected chi connectivity index (χ1v) is 13.2. The summed E-state index contributed by atoms with van der Waals surface area (Å²) in [6.45, 7) is 8.55. The SMILES string of the molecule is CC(C)(F)C(=O)N[C@H](C(=O)N1C[C@H]2[C@@H]([C@H]1C(=O)N[C@H](C#N)C[C@@H]1CCNC1=O)[C@H]1C=C[C@@H]2C1)C(C)(C)C. The fourth-order valence-electron chi connectivity index (χ4n) is 6.45. The monoisotopic (exact) mass is 515 g/mol. The van der Waals surface area contributed by atoms with Crippen LogP contribution in [0.5, 0.6) is 0 Å². The number of rotatable bonds is 7. The zero-order valence-corrected chi connectivity index (χ0v) is 22.2. The molecule has 0 unspecified atom stereocenters. The second-order valence-corrected chi connectivity index (χ2v) is 12.6. The fraction of sp³-hybridized carbons (Fsp3) is 0.741. The standard InChI is InChI=1S/C27H38FN5O4/c1-26(2,3)21(32-25(37)27(4,5)28)24(36)33-13-18-14-6-7-15(10-14)19(18)20(33)23(35)31-17(12-29)11-16-8-9-30-22(16)34/h6-7,14-21H,8-11,13H2,1-5H3,(H,30,34)(H,31,35)(H,32,37)/t14-,15+,16+,17+,18-,19+,20+,21-/m1/s1. The smallest absolute Gasteiger partial charge is 0.257 e. The molecule has 8 atom stereocenters. The molecule has 2 bridgehead atoms. The number of hydrogen-bond acceptors (Lipinski definition) is 5. The van der Waals surface area contributed by atoms with Crippen LogP contribution in [-0.4, -0.2) is 65.4 Å². The van der Waals surface area contributed by atoms with Crippen LogP contribution in [0.25, 0.3) is 0 Å². The van der Waals surface area contributed by atoms with Crippen LogP contribution in [0.3, 0.4) is 0 Å². The number of likely N-dealkylation sites (tertiary alicyclic amines) is 1. The van der Waals surface area contributed by atoms with Crippen molar-refractivity contribution in [1.82, 2.24) is 20.9 Å². The molecule has 0 aromatic carbocycles. The highest BCUT2D eigenvalue weighted by Crippen LogP contribution is 2.54. The minimum Gasteiger partial charge on any atom is -0.356 e. The van der Waals surface area contributed by atoms with Crippen molar-refractivity contribution < 1.29 is 23.6 Å². The van der Waals surface area contributed by atoms with Gasteiger partial charge in [0, 0.05) is 19.0 Å². The van der Waals surface area contributed by atoms with Gasteiger partial charge in [0.25, 0.3) is 5.91 Å². The number of nitrogens with one attached hydrogen (secondary N) is 3. The molecule has 4 amide bonds. The number of amides is 4. The first-order chi connectivity index (χ1) is 17.2. The Morgan fingerprint density at radius 1 is 1.19 bits per heavy atom. The van der Waals surface area contributed by atoms with Crippen molar-refractivity contribution in [3.8, 4) is 6.07 Å². The Hall–Kier alpha value is -2.96. The molecule has 0 aromatic heterocycles. The zero-order valence-electron chi connectivity index (χ0n) is 22.2. The Balaban J connectivity index is 1.58. The van der Waals surface area contributed by atoms with Crippen molar-refractivity contribution in [1.29, 1.82) is 5.26 Å². The zero-order chi connectivity index (χ0) is 27.3. The molecule has 2 heterocycles. The molecule has 2 saturated heterocycles. The van der Waals surface area contributed by atoms with E-state index in [2.05, 4.69) is 34.2 Å². The number of carbonyl (C=O) groups is 4. The number of halogens is 1. The van der Waals surface area contributed by atoms with E-state index >= 15 is 0 Å². The first kappa shape index (κ1) is 27.1. The highest BCUT2D eigenvalue weighted by molar-refractivity contribution is 5.95. The molecule has 9 nitrogen and oxygen atoms in total. The van der Waals surface area contributed by atoms with Crippen LogP contribution < -0.4 is 16.0 Å². The van der Waals surface area contributed by atoms with Gasteiger partial charge in [0.2, 0.25) is 17.7 Å². The minimum absolute atomic E-state index is 0.0954. The van der Waals surface area contributed by atoms with Crippen LogP contribution in [0.1, 0.15) is 53.9 Å². The van der Waals surface area contributed by atoms with Gasteiger partial charge in [0.05, 0.1) is 6.07 Å². The van der Waals surface area contributed by atoms with Crippen molar-refractivity contribution >= 4 is 23.6 Å². The minimum atomic E-state index is -2.17. The van der Waals surface area contributed by atoms with E-state index in [1.807, 2.05) is 0 Å². The first-order valence-electron chi connectivity index (χ1n) is 13.2. The summed E-state index contributed by atoms with van der Waals surface area (Å²) in [6.07, 6.45) is 6.01. The maximum atomic E-state index is 14.4. The molecule has 4 aliphatic rings. The van der Waals surface area contributed by atoms with Gasteiger partial charge >= 0.3 is 0 Å². The topological polar surface area (TPSA) is 131 Å². The molecule has 0 spiro atoms. The largest absolute Gasteiger partial charge is 0.356 e. The van der Waals surface area contributed by atoms with E-state index in [1.54, 1.807) is 20.8 Å². The second kappa shape index (κ2) is 9.73. The van der Waals surface area contributed by atoms with Gasteiger partial charge in [-0.2, -0.15) is 5.26 Å². The van der Waals surface area contributed by atoms with Crippen LogP contribution >= 0.6 is 0 Å². The lowest BCUT2D eigenvalue weighted by molar-refractivity contribution is -0.146. The molecule has 4 rings (SSSR count). The van der Waals surface area contributed by atoms with E-state index in [4.69, 9.17) is 0 Å². The van der Waals surface area contributed by atoms with E-state index in [0.29, 0.717) is 19.5 Å². The van der Waals surface area contributed by atoms with E-state index in [9.17, 15) is 28.8 Å². The molecule has 202 valence electrons. The summed E-state index contributed by atoms with van der Waals surface area (Å²) < 4.78 is 14.4. The van der Waals surface area contributed by atoms with Crippen LogP contribution in [0.2, 0.25) is 0 Å². The lowest BCUT2D eigenvalue weighted by Crippen LogP contribution is -2.60. The number of nitriles is 1. The van der Waals surface area contributed by atoms with E-state index < -0.39 is 46.9 Å². The van der Waals surface area contributed by atoms with Gasteiger partial charge in [-0.05, 0) is 62.2 Å². The highest BCUT2D eigenvalue weighted by Gasteiger charge is 2.59. The van der Waals surface area contributed by atoms with Crippen molar-refractivity contribution in [3.05, 3.63) is 12.2 Å². The summed E-state index contributed by atoms with van der Waals surface area (Å²) in [5.74, 6) is -1.77. The average Bonchev–Trinajstić information content (AvgIpc) is 3.57. The number of nitrogens with zero attached hydrogens (tertiary/aromatic N) is 2. The second-order valence-electron chi connectivity index (χ2n) is 12.6. The van der Waals surface area contributed by atoms with Crippen molar-refractivity contribution in [2.24, 2.45) is 35.0 Å². The Morgan fingerprint density at radius 2 is 1.86 bits per heavy atom. The Labute approximate surface area is 217 Å². The summed E-state index contributed by atoms with van der Waals surface area (Å²) >= 11 is 0. The third kappa shape index (κ3) is 5.23. The molecule has 10 heteroatoms. The molecular weight excluding hydrogens is 477 g/mol. The van der Waals surface area contributed by atoms with Crippen LogP contribution in [-0.2, 0) is 19.2 Å². The molecule has 3 N–H and O–H groups in total. The van der Waals surface area contributed by atoms with Crippen LogP contribution in [0, 0.1) is 46.3 Å². The number of hydrogen-bond donors (Lipinski definition) is 3. The summed E-state index contributed by atoms with van der Waals surface area (Å²) in [4.78, 5) is 53.8. The highest BCUT2D eigenvalue weighted by atomic mass is 19.1. The van der Waals surface area contributed by atoms with Gasteiger partial charge in [-0.3, -0.25) is 19.2 Å². The Kier molecular flexibility index (Phi) is 7.12. The summed E-state index contributed by atoms with van der Waals surface area (Å²) in [5.41, 5.74) is -2.91. The molecule has 2 aliphatic carbocycles. The maximum Gasteiger partial charge on any atom is 0.257 e. The van der Waals surface area contributed by atoms with Crippen molar-refractivity contribution in [2.75, 3.05) is 13.1 Å². The summed E-state index contributed by atoms with van der Waals surface area (Å²) in [5, 5.41) is 17.9. The Morgan fingerprint density at radius 3 is 2.43 bits per heavy atom. The molecule has 0 radical (unpaired) electrons. The average molecular weight is 516 g/mol. The van der Waals surface area contributed by atoms with E-state index in [-0.39, 0.29) is 41.9 Å². The third-order valence-electron chi connectivity index (χ3n) is 8.43. The molecule has 2 aliphatic heterocycles. The fourth-order valence-corrected chi connectivity index (χ4v) is 6.45. The Bertz CT molecular complexity index is 1040. The predicted octanol–water partition coefficient (Wildman–Crippen LogP) is 1.45. The molecule has 1 saturated carbocycles. The third-order valence-corrected chi connectivity index (χ3v) is 8.43. The van der Waals surface area contributed by atoms with Gasteiger partial charge in [0.15, 0.2) is 5.67 Å². The van der Waals surface area contributed by atoms with Crippen LogP contribution in [0.15, 0.2) is 12.2 Å². The summed E-state index contributed by atoms with van der Waals surface area (Å²) in [6, 6.07) is -0.613. The molecule has 3 fully saturated rings. The van der Waals surface area contributed by atoms with Gasteiger partial charge < -0.3 is 20.9 Å². The number of fused-ring (bicyclic) bond motifs is 5. The van der Waals surface area contributed by atoms with E-state index in [0.717, 1.165) is 20.3 Å². The van der Waals surface area contributed by atoms with Gasteiger partial charge in [-0.1, -0.05) is 32.9 Å². The molecule has 37 heavy (non-hydrogen) atoms.